The van der Waals surface area contributed by atoms with Crippen molar-refractivity contribution >= 4 is 15.8 Å². The molecule has 0 aromatic carbocycles. The van der Waals surface area contributed by atoms with Crippen LogP contribution in [0.2, 0.25) is 0 Å². The van der Waals surface area contributed by atoms with Gasteiger partial charge in [-0.15, -0.1) is 0 Å². The van der Waals surface area contributed by atoms with Gasteiger partial charge in [0.15, 0.2) is 0 Å². The predicted molar refractivity (Wildman–Crippen MR) is 76.3 cm³/mol. The first-order valence-corrected chi connectivity index (χ1v) is 7.85. The topological polar surface area (TPSA) is 89.6 Å². The highest BCUT2D eigenvalue weighted by Gasteiger charge is 2.18. The third-order valence-corrected chi connectivity index (χ3v) is 3.87. The van der Waals surface area contributed by atoms with Crippen molar-refractivity contribution in [1.29, 1.82) is 0 Å². The first-order chi connectivity index (χ1) is 9.61. The number of pyridine rings is 1. The predicted octanol–water partition coefficient (Wildman–Crippen LogP) is 0.455. The van der Waals surface area contributed by atoms with Gasteiger partial charge in [-0.05, 0) is 19.1 Å². The van der Waals surface area contributed by atoms with Crippen LogP contribution >= 0.6 is 0 Å². The maximum atomic E-state index is 12.1. The van der Waals surface area contributed by atoms with E-state index in [0.29, 0.717) is 32.2 Å². The molecule has 0 fully saturated rings. The van der Waals surface area contributed by atoms with Gasteiger partial charge in [-0.2, -0.15) is 0 Å². The van der Waals surface area contributed by atoms with Gasteiger partial charge in [0, 0.05) is 26.4 Å². The molecule has 1 rings (SSSR count). The normalized spacial score (nSPS) is 11.5. The molecule has 0 aliphatic carbocycles. The Labute approximate surface area is 119 Å². The molecule has 0 unspecified atom stereocenters. The zero-order chi connectivity index (χ0) is 14.8. The Bertz CT molecular complexity index is 493. The van der Waals surface area contributed by atoms with Crippen LogP contribution < -0.4 is 10.0 Å². The number of hydrogen-bond donors (Lipinski definition) is 2. The van der Waals surface area contributed by atoms with E-state index in [4.69, 9.17) is 9.47 Å². The Balaban J connectivity index is 2.56. The second-order valence-electron chi connectivity index (χ2n) is 3.88. The van der Waals surface area contributed by atoms with E-state index in [1.807, 2.05) is 6.92 Å². The summed E-state index contributed by atoms with van der Waals surface area (Å²) in [6, 6.07) is 3.10. The van der Waals surface area contributed by atoms with Crippen LogP contribution in [-0.4, -0.2) is 53.4 Å². The van der Waals surface area contributed by atoms with Crippen molar-refractivity contribution in [3.05, 3.63) is 18.3 Å². The quantitative estimate of drug-likeness (QED) is 0.610. The Morgan fingerprint density at radius 2 is 2.10 bits per heavy atom. The number of anilines is 1. The van der Waals surface area contributed by atoms with E-state index in [0.717, 1.165) is 0 Å². The molecule has 114 valence electrons. The van der Waals surface area contributed by atoms with Gasteiger partial charge in [-0.3, -0.25) is 0 Å². The highest BCUT2D eigenvalue weighted by Crippen LogP contribution is 2.17. The van der Waals surface area contributed by atoms with E-state index in [-0.39, 0.29) is 11.4 Å². The monoisotopic (exact) mass is 303 g/mol. The summed E-state index contributed by atoms with van der Waals surface area (Å²) >= 11 is 0. The van der Waals surface area contributed by atoms with Crippen molar-refractivity contribution in [2.45, 2.75) is 11.8 Å². The van der Waals surface area contributed by atoms with Gasteiger partial charge in [0.25, 0.3) is 0 Å². The molecule has 20 heavy (non-hydrogen) atoms. The van der Waals surface area contributed by atoms with E-state index < -0.39 is 10.0 Å². The number of nitrogens with one attached hydrogen (secondary N) is 2. The van der Waals surface area contributed by atoms with E-state index in [1.54, 1.807) is 19.4 Å². The van der Waals surface area contributed by atoms with Gasteiger partial charge < -0.3 is 14.8 Å². The molecule has 0 spiro atoms. The molecule has 0 aliphatic heterocycles. The van der Waals surface area contributed by atoms with Crippen LogP contribution in [0.4, 0.5) is 5.82 Å². The summed E-state index contributed by atoms with van der Waals surface area (Å²) in [6.07, 6.45) is 1.55. The van der Waals surface area contributed by atoms with E-state index in [1.165, 1.54) is 6.07 Å². The lowest BCUT2D eigenvalue weighted by Gasteiger charge is -2.11. The van der Waals surface area contributed by atoms with Crippen molar-refractivity contribution in [2.24, 2.45) is 0 Å². The van der Waals surface area contributed by atoms with Crippen LogP contribution in [-0.2, 0) is 19.5 Å². The van der Waals surface area contributed by atoms with Gasteiger partial charge >= 0.3 is 0 Å². The number of hydrogen-bond acceptors (Lipinski definition) is 6. The van der Waals surface area contributed by atoms with Crippen LogP contribution in [0.5, 0.6) is 0 Å². The third kappa shape index (κ3) is 5.41. The Hall–Kier alpha value is -1.22. The van der Waals surface area contributed by atoms with Gasteiger partial charge in [0.05, 0.1) is 19.8 Å². The van der Waals surface area contributed by atoms with Crippen molar-refractivity contribution in [3.8, 4) is 0 Å². The largest absolute Gasteiger partial charge is 0.382 e. The Morgan fingerprint density at radius 1 is 1.30 bits per heavy atom. The van der Waals surface area contributed by atoms with Gasteiger partial charge in [-0.25, -0.2) is 18.1 Å². The summed E-state index contributed by atoms with van der Waals surface area (Å²) in [6.45, 7) is 3.89. The van der Waals surface area contributed by atoms with Crippen LogP contribution in [0.3, 0.4) is 0 Å². The fourth-order valence-corrected chi connectivity index (χ4v) is 2.62. The lowest BCUT2D eigenvalue weighted by molar-refractivity contribution is 0.0736. The standard InChI is InChI=1S/C12H21N3O4S/c1-3-13-12-11(5-4-6-14-12)20(16,17)15-7-8-19-10-9-18-2/h4-6,15H,3,7-10H2,1-2H3,(H,13,14). The van der Waals surface area contributed by atoms with Crippen LogP contribution in [0.25, 0.3) is 0 Å². The molecule has 8 heteroatoms. The summed E-state index contributed by atoms with van der Waals surface area (Å²) in [5.74, 6) is 0.350. The number of ether oxygens (including phenoxy) is 2. The molecule has 0 radical (unpaired) electrons. The molecule has 0 saturated carbocycles. The minimum absolute atomic E-state index is 0.138. The minimum Gasteiger partial charge on any atom is -0.382 e. The number of rotatable bonds is 10. The average molecular weight is 303 g/mol. The van der Waals surface area contributed by atoms with Crippen molar-refractivity contribution in [2.75, 3.05) is 45.3 Å². The van der Waals surface area contributed by atoms with Crippen molar-refractivity contribution in [3.63, 3.8) is 0 Å². The fourth-order valence-electron chi connectivity index (χ4n) is 1.48. The fraction of sp³-hybridized carbons (Fsp3) is 0.583. The maximum absolute atomic E-state index is 12.1. The van der Waals surface area contributed by atoms with Gasteiger partial charge in [0.2, 0.25) is 10.0 Å². The highest BCUT2D eigenvalue weighted by molar-refractivity contribution is 7.89. The lowest BCUT2D eigenvalue weighted by Crippen LogP contribution is -2.28. The van der Waals surface area contributed by atoms with Crippen LogP contribution in [0, 0.1) is 0 Å². The number of sulfonamides is 1. The molecule has 0 amide bonds. The average Bonchev–Trinajstić information content (AvgIpc) is 2.43. The lowest BCUT2D eigenvalue weighted by atomic mass is 10.4. The molecule has 0 bridgehead atoms. The Kier molecular flexibility index (Phi) is 7.45. The molecule has 1 aromatic heterocycles. The molecule has 0 saturated heterocycles. The van der Waals surface area contributed by atoms with Crippen molar-refractivity contribution in [1.82, 2.24) is 9.71 Å². The van der Waals surface area contributed by atoms with Gasteiger partial charge in [0.1, 0.15) is 10.7 Å². The molecule has 0 atom stereocenters. The molecule has 7 nitrogen and oxygen atoms in total. The maximum Gasteiger partial charge on any atom is 0.244 e. The van der Waals surface area contributed by atoms with Gasteiger partial charge in [-0.1, -0.05) is 0 Å². The number of aromatic nitrogens is 1. The smallest absolute Gasteiger partial charge is 0.244 e. The summed E-state index contributed by atoms with van der Waals surface area (Å²) in [7, 11) is -2.01. The zero-order valence-electron chi connectivity index (χ0n) is 11.8. The second-order valence-corrected chi connectivity index (χ2v) is 5.62. The summed E-state index contributed by atoms with van der Waals surface area (Å²) in [4.78, 5) is 4.16. The summed E-state index contributed by atoms with van der Waals surface area (Å²) in [5.41, 5.74) is 0. The number of nitrogens with zero attached hydrogens (tertiary/aromatic N) is 1. The molecule has 1 heterocycles. The zero-order valence-corrected chi connectivity index (χ0v) is 12.6. The van der Waals surface area contributed by atoms with Crippen LogP contribution in [0.15, 0.2) is 23.2 Å². The molecular formula is C12H21N3O4S. The first kappa shape index (κ1) is 16.8. The first-order valence-electron chi connectivity index (χ1n) is 6.37. The number of methoxy groups -OCH3 is 1. The third-order valence-electron chi connectivity index (χ3n) is 2.37. The molecule has 2 N–H and O–H groups in total. The van der Waals surface area contributed by atoms with E-state index in [9.17, 15) is 8.42 Å². The summed E-state index contributed by atoms with van der Waals surface area (Å²) in [5, 5.41) is 2.92. The molecular weight excluding hydrogens is 282 g/mol. The SMILES string of the molecule is CCNc1ncccc1S(=O)(=O)NCCOCCOC. The van der Waals surface area contributed by atoms with E-state index >= 15 is 0 Å². The second kappa shape index (κ2) is 8.85. The minimum atomic E-state index is -3.59. The molecule has 1 aromatic rings. The van der Waals surface area contributed by atoms with Crippen LogP contribution in [0.1, 0.15) is 6.92 Å². The Morgan fingerprint density at radius 3 is 2.80 bits per heavy atom. The van der Waals surface area contributed by atoms with Crippen molar-refractivity contribution < 1.29 is 17.9 Å². The molecule has 0 aliphatic rings. The highest BCUT2D eigenvalue weighted by atomic mass is 32.2. The summed E-state index contributed by atoms with van der Waals surface area (Å²) < 4.78 is 36.8. The van der Waals surface area contributed by atoms with E-state index in [2.05, 4.69) is 15.0 Å².